The minimum Gasteiger partial charge on any atom is -0.467 e. The van der Waals surface area contributed by atoms with Crippen LogP contribution < -0.4 is 5.32 Å². The summed E-state index contributed by atoms with van der Waals surface area (Å²) in [6.45, 7) is 6.02. The van der Waals surface area contributed by atoms with Gasteiger partial charge in [-0.25, -0.2) is 9.18 Å². The number of benzene rings is 1. The van der Waals surface area contributed by atoms with Gasteiger partial charge in [-0.1, -0.05) is 26.0 Å². The summed E-state index contributed by atoms with van der Waals surface area (Å²) < 4.78 is 17.7. The smallest absolute Gasteiger partial charge is 0.328 e. The fourth-order valence-corrected chi connectivity index (χ4v) is 2.43. The number of methoxy groups -OCH3 is 1. The molecule has 1 amide bonds. The average Bonchev–Trinajstić information content (AvgIpc) is 2.52. The lowest BCUT2D eigenvalue weighted by atomic mass is 10.0. The zero-order valence-electron chi connectivity index (χ0n) is 15.0. The minimum absolute atomic E-state index is 0.0574. The van der Waals surface area contributed by atoms with E-state index in [2.05, 4.69) is 5.32 Å². The number of carbonyl (C=O) groups is 2. The number of rotatable bonds is 8. The van der Waals surface area contributed by atoms with Crippen molar-refractivity contribution >= 4 is 11.9 Å². The molecule has 1 rings (SSSR count). The molecule has 0 fully saturated rings. The van der Waals surface area contributed by atoms with Crippen LogP contribution >= 0.6 is 0 Å². The van der Waals surface area contributed by atoms with Crippen LogP contribution in [-0.2, 0) is 14.3 Å². The summed E-state index contributed by atoms with van der Waals surface area (Å²) in [4.78, 5) is 25.8. The molecule has 0 saturated heterocycles. The molecule has 0 heterocycles. The van der Waals surface area contributed by atoms with E-state index >= 15 is 0 Å². The summed E-state index contributed by atoms with van der Waals surface area (Å²) in [7, 11) is 3.12. The van der Waals surface area contributed by atoms with Gasteiger partial charge in [-0.15, -0.1) is 0 Å². The van der Waals surface area contributed by atoms with Crippen molar-refractivity contribution in [3.8, 4) is 0 Å². The predicted molar refractivity (Wildman–Crippen MR) is 90.8 cm³/mol. The Morgan fingerprint density at radius 2 is 1.79 bits per heavy atom. The van der Waals surface area contributed by atoms with E-state index in [-0.39, 0.29) is 30.2 Å². The van der Waals surface area contributed by atoms with Crippen LogP contribution in [0, 0.1) is 11.7 Å². The first-order valence-electron chi connectivity index (χ1n) is 8.07. The van der Waals surface area contributed by atoms with Crippen LogP contribution in [0.5, 0.6) is 0 Å². The quantitative estimate of drug-likeness (QED) is 0.740. The third kappa shape index (κ3) is 6.28. The molecule has 0 aliphatic rings. The van der Waals surface area contributed by atoms with Gasteiger partial charge in [0.2, 0.25) is 5.91 Å². The van der Waals surface area contributed by atoms with Crippen molar-refractivity contribution in [1.29, 1.82) is 0 Å². The Hall–Kier alpha value is -1.95. The van der Waals surface area contributed by atoms with E-state index in [0.29, 0.717) is 6.42 Å². The van der Waals surface area contributed by atoms with Crippen molar-refractivity contribution in [2.75, 3.05) is 20.7 Å². The number of hydrogen-bond acceptors (Lipinski definition) is 4. The molecule has 6 heteroatoms. The molecule has 2 unspecified atom stereocenters. The second-order valence-corrected chi connectivity index (χ2v) is 6.42. The number of hydrogen-bond donors (Lipinski definition) is 1. The maximum absolute atomic E-state index is 13.0. The Labute approximate surface area is 143 Å². The molecule has 0 radical (unpaired) electrons. The highest BCUT2D eigenvalue weighted by molar-refractivity contribution is 5.85. The topological polar surface area (TPSA) is 58.6 Å². The standard InChI is InChI=1S/C18H27FN2O3/c1-12(2)10-16(18(23)24-5)20-17(22)11-21(4)13(3)14-6-8-15(19)9-7-14/h6-9,12-13,16H,10-11H2,1-5H3,(H,20,22). The van der Waals surface area contributed by atoms with Crippen molar-refractivity contribution < 1.29 is 18.7 Å². The fraction of sp³-hybridized carbons (Fsp3) is 0.556. The Kier molecular flexibility index (Phi) is 7.85. The minimum atomic E-state index is -0.642. The maximum atomic E-state index is 13.0. The van der Waals surface area contributed by atoms with Crippen LogP contribution in [0.1, 0.15) is 38.8 Å². The highest BCUT2D eigenvalue weighted by atomic mass is 19.1. The largest absolute Gasteiger partial charge is 0.467 e. The molecule has 1 aromatic carbocycles. The Balaban J connectivity index is 2.64. The lowest BCUT2D eigenvalue weighted by molar-refractivity contribution is -0.145. The van der Waals surface area contributed by atoms with Crippen LogP contribution in [0.4, 0.5) is 4.39 Å². The summed E-state index contributed by atoms with van der Waals surface area (Å²) >= 11 is 0. The normalized spacial score (nSPS) is 13.7. The van der Waals surface area contributed by atoms with E-state index in [0.717, 1.165) is 5.56 Å². The van der Waals surface area contributed by atoms with Crippen LogP contribution in [0.3, 0.4) is 0 Å². The zero-order valence-corrected chi connectivity index (χ0v) is 15.0. The average molecular weight is 338 g/mol. The Morgan fingerprint density at radius 3 is 2.29 bits per heavy atom. The van der Waals surface area contributed by atoms with Gasteiger partial charge in [0.05, 0.1) is 13.7 Å². The molecule has 0 spiro atoms. The lowest BCUT2D eigenvalue weighted by Crippen LogP contribution is -2.46. The number of amides is 1. The van der Waals surface area contributed by atoms with Crippen LogP contribution in [0.2, 0.25) is 0 Å². The third-order valence-corrected chi connectivity index (χ3v) is 3.93. The number of esters is 1. The van der Waals surface area contributed by atoms with Gasteiger partial charge in [0.15, 0.2) is 0 Å². The van der Waals surface area contributed by atoms with E-state index in [1.165, 1.54) is 19.2 Å². The third-order valence-electron chi connectivity index (χ3n) is 3.93. The van der Waals surface area contributed by atoms with Gasteiger partial charge in [0.25, 0.3) is 0 Å². The number of nitrogens with zero attached hydrogens (tertiary/aromatic N) is 1. The van der Waals surface area contributed by atoms with Crippen molar-refractivity contribution in [2.24, 2.45) is 5.92 Å². The highest BCUT2D eigenvalue weighted by Crippen LogP contribution is 2.18. The van der Waals surface area contributed by atoms with Crippen LogP contribution in [0.25, 0.3) is 0 Å². The maximum Gasteiger partial charge on any atom is 0.328 e. The van der Waals surface area contributed by atoms with Gasteiger partial charge < -0.3 is 10.1 Å². The first kappa shape index (κ1) is 20.1. The van der Waals surface area contributed by atoms with E-state index in [9.17, 15) is 14.0 Å². The van der Waals surface area contributed by atoms with Crippen molar-refractivity contribution in [2.45, 2.75) is 39.3 Å². The van der Waals surface area contributed by atoms with Gasteiger partial charge in [-0.2, -0.15) is 0 Å². The second kappa shape index (κ2) is 9.37. The van der Waals surface area contributed by atoms with Gasteiger partial charge in [-0.3, -0.25) is 9.69 Å². The molecule has 0 aliphatic carbocycles. The van der Waals surface area contributed by atoms with Crippen LogP contribution in [-0.4, -0.2) is 43.5 Å². The van der Waals surface area contributed by atoms with E-state index in [4.69, 9.17) is 4.74 Å². The molecule has 2 atom stereocenters. The van der Waals surface area contributed by atoms with E-state index < -0.39 is 12.0 Å². The second-order valence-electron chi connectivity index (χ2n) is 6.42. The number of ether oxygens (including phenoxy) is 1. The van der Waals surface area contributed by atoms with Crippen molar-refractivity contribution in [3.63, 3.8) is 0 Å². The monoisotopic (exact) mass is 338 g/mol. The number of nitrogens with one attached hydrogen (secondary N) is 1. The lowest BCUT2D eigenvalue weighted by Gasteiger charge is -2.26. The van der Waals surface area contributed by atoms with Crippen molar-refractivity contribution in [3.05, 3.63) is 35.6 Å². The molecule has 24 heavy (non-hydrogen) atoms. The molecule has 1 aromatic rings. The molecular formula is C18H27FN2O3. The van der Waals surface area contributed by atoms with E-state index in [1.54, 1.807) is 12.1 Å². The van der Waals surface area contributed by atoms with Gasteiger partial charge >= 0.3 is 5.97 Å². The zero-order chi connectivity index (χ0) is 18.3. The first-order chi connectivity index (χ1) is 11.2. The molecule has 5 nitrogen and oxygen atoms in total. The van der Waals surface area contributed by atoms with Gasteiger partial charge in [0.1, 0.15) is 11.9 Å². The summed E-state index contributed by atoms with van der Waals surface area (Å²) in [6.07, 6.45) is 0.523. The SMILES string of the molecule is COC(=O)C(CC(C)C)NC(=O)CN(C)C(C)c1ccc(F)cc1. The number of halogens is 1. The van der Waals surface area contributed by atoms with E-state index in [1.807, 2.05) is 32.7 Å². The fourth-order valence-electron chi connectivity index (χ4n) is 2.43. The van der Waals surface area contributed by atoms with Gasteiger partial charge in [0, 0.05) is 6.04 Å². The van der Waals surface area contributed by atoms with Gasteiger partial charge in [-0.05, 0) is 44.0 Å². The molecule has 1 N–H and O–H groups in total. The Morgan fingerprint density at radius 1 is 1.21 bits per heavy atom. The number of likely N-dealkylation sites (N-methyl/N-ethyl adjacent to an activating group) is 1. The summed E-state index contributed by atoms with van der Waals surface area (Å²) in [6, 6.07) is 5.50. The molecule has 0 saturated carbocycles. The highest BCUT2D eigenvalue weighted by Gasteiger charge is 2.24. The molecule has 134 valence electrons. The first-order valence-corrected chi connectivity index (χ1v) is 8.07. The van der Waals surface area contributed by atoms with Crippen LogP contribution in [0.15, 0.2) is 24.3 Å². The Bertz CT molecular complexity index is 546. The summed E-state index contributed by atoms with van der Waals surface area (Å²) in [5, 5.41) is 2.73. The van der Waals surface area contributed by atoms with Crippen molar-refractivity contribution in [1.82, 2.24) is 10.2 Å². The summed E-state index contributed by atoms with van der Waals surface area (Å²) in [5.74, 6) is -0.722. The summed E-state index contributed by atoms with van der Waals surface area (Å²) in [5.41, 5.74) is 0.915. The predicted octanol–water partition coefficient (Wildman–Crippen LogP) is 2.52. The molecule has 0 aliphatic heterocycles. The molecule has 0 aromatic heterocycles. The molecular weight excluding hydrogens is 311 g/mol. The molecule has 0 bridgehead atoms. The number of carbonyl (C=O) groups excluding carboxylic acids is 2.